The van der Waals surface area contributed by atoms with Gasteiger partial charge in [0.2, 0.25) is 0 Å². The van der Waals surface area contributed by atoms with Crippen molar-refractivity contribution in [2.45, 2.75) is 123 Å². The summed E-state index contributed by atoms with van der Waals surface area (Å²) in [4.78, 5) is 24.5. The predicted molar refractivity (Wildman–Crippen MR) is 148 cm³/mol. The molecule has 0 aromatic carbocycles. The maximum atomic E-state index is 12.4. The first-order valence-corrected chi connectivity index (χ1v) is 15.7. The second-order valence-corrected chi connectivity index (χ2v) is 11.9. The van der Waals surface area contributed by atoms with Crippen LogP contribution < -0.4 is 0 Å². The van der Waals surface area contributed by atoms with E-state index >= 15 is 0 Å². The third-order valence-corrected chi connectivity index (χ3v) is 6.78. The fraction of sp³-hybridized carbons (Fsp3) is 0.929. The molecule has 0 heterocycles. The lowest BCUT2D eigenvalue weighted by Gasteiger charge is -2.21. The molecule has 0 aliphatic carbocycles. The van der Waals surface area contributed by atoms with Gasteiger partial charge < -0.3 is 14.0 Å². The zero-order valence-electron chi connectivity index (χ0n) is 24.5. The Kier molecular flexibility index (Phi) is 23.3. The van der Waals surface area contributed by atoms with Gasteiger partial charge in [-0.05, 0) is 12.8 Å². The average Bonchev–Trinajstić information content (AvgIpc) is 2.83. The monoisotopic (exact) mass is 549 g/mol. The van der Waals surface area contributed by atoms with Gasteiger partial charge in [0.1, 0.15) is 19.8 Å². The Morgan fingerprint density at radius 2 is 1.16 bits per heavy atom. The minimum Gasteiger partial charge on any atom is -0.462 e. The van der Waals surface area contributed by atoms with Gasteiger partial charge >= 0.3 is 20.2 Å². The fourth-order valence-electron chi connectivity index (χ4n) is 3.64. The number of nitrogens with zero attached hydrogens (tertiary/aromatic N) is 1. The van der Waals surface area contributed by atoms with E-state index in [1.165, 1.54) is 51.4 Å². The molecule has 9 heteroatoms. The van der Waals surface area contributed by atoms with E-state index in [9.17, 15) is 14.2 Å². The van der Waals surface area contributed by atoms with Gasteiger partial charge in [-0.3, -0.25) is 9.59 Å². The minimum absolute atomic E-state index is 0.111. The van der Waals surface area contributed by atoms with Crippen molar-refractivity contribution < 1.29 is 37.2 Å². The SMILES string of the molecule is CCCCCCCCCC(=O)OCC(CO[P+](=O)OCC[N+](C)(C)C)OC(=O)CCCCCCCCC. The molecule has 0 aliphatic rings. The van der Waals surface area contributed by atoms with Crippen LogP contribution in [-0.2, 0) is 32.7 Å². The van der Waals surface area contributed by atoms with E-state index in [0.29, 0.717) is 23.9 Å². The molecule has 0 aromatic rings. The molecule has 2 atom stereocenters. The summed E-state index contributed by atoms with van der Waals surface area (Å²) >= 11 is 0. The predicted octanol–water partition coefficient (Wildman–Crippen LogP) is 7.12. The van der Waals surface area contributed by atoms with Crippen LogP contribution in [0.25, 0.3) is 0 Å². The highest BCUT2D eigenvalue weighted by Crippen LogP contribution is 2.24. The molecule has 218 valence electrons. The molecule has 37 heavy (non-hydrogen) atoms. The van der Waals surface area contributed by atoms with Crippen LogP contribution in [0.4, 0.5) is 0 Å². The van der Waals surface area contributed by atoms with E-state index in [1.807, 2.05) is 21.1 Å². The van der Waals surface area contributed by atoms with E-state index in [1.54, 1.807) is 0 Å². The highest BCUT2D eigenvalue weighted by Gasteiger charge is 2.27. The summed E-state index contributed by atoms with van der Waals surface area (Å²) in [6, 6.07) is 0. The van der Waals surface area contributed by atoms with Gasteiger partial charge in [0.25, 0.3) is 0 Å². The summed E-state index contributed by atoms with van der Waals surface area (Å²) in [7, 11) is 3.69. The maximum Gasteiger partial charge on any atom is 0.697 e. The molecule has 0 saturated carbocycles. The number of quaternary nitrogens is 1. The van der Waals surface area contributed by atoms with Crippen LogP contribution in [0.15, 0.2) is 0 Å². The first kappa shape index (κ1) is 35.9. The van der Waals surface area contributed by atoms with Crippen LogP contribution in [0, 0.1) is 0 Å². The third-order valence-electron chi connectivity index (χ3n) is 6.02. The van der Waals surface area contributed by atoms with E-state index in [0.717, 1.165) is 38.5 Å². The summed E-state index contributed by atoms with van der Waals surface area (Å²) in [5, 5.41) is 0. The zero-order valence-corrected chi connectivity index (χ0v) is 25.4. The Bertz CT molecular complexity index is 596. The van der Waals surface area contributed by atoms with Crippen molar-refractivity contribution in [2.24, 2.45) is 0 Å². The number of rotatable bonds is 26. The zero-order chi connectivity index (χ0) is 27.8. The number of esters is 2. The molecule has 0 bridgehead atoms. The highest BCUT2D eigenvalue weighted by atomic mass is 31.1. The number of likely N-dealkylation sites (N-methyl/N-ethyl adjacent to an activating group) is 1. The number of hydrogen-bond donors (Lipinski definition) is 0. The summed E-state index contributed by atoms with van der Waals surface area (Å²) in [5.74, 6) is -0.670. The molecule has 0 saturated heterocycles. The first-order chi connectivity index (χ1) is 17.7. The summed E-state index contributed by atoms with van der Waals surface area (Å²) in [6.45, 7) is 5.09. The number of ether oxygens (including phenoxy) is 2. The Morgan fingerprint density at radius 3 is 1.68 bits per heavy atom. The summed E-state index contributed by atoms with van der Waals surface area (Å²) in [5.41, 5.74) is 0. The van der Waals surface area contributed by atoms with Crippen molar-refractivity contribution in [1.29, 1.82) is 0 Å². The maximum absolute atomic E-state index is 12.4. The molecule has 8 nitrogen and oxygen atoms in total. The van der Waals surface area contributed by atoms with Crippen molar-refractivity contribution >= 4 is 20.2 Å². The topological polar surface area (TPSA) is 88.1 Å². The van der Waals surface area contributed by atoms with Gasteiger partial charge in [0, 0.05) is 17.4 Å². The van der Waals surface area contributed by atoms with E-state index in [2.05, 4.69) is 13.8 Å². The minimum atomic E-state index is -2.35. The summed E-state index contributed by atoms with van der Waals surface area (Å²) in [6.07, 6.45) is 15.4. The van der Waals surface area contributed by atoms with Crippen molar-refractivity contribution in [1.82, 2.24) is 0 Å². The summed E-state index contributed by atoms with van der Waals surface area (Å²) < 4.78 is 34.2. The van der Waals surface area contributed by atoms with Crippen molar-refractivity contribution in [3.8, 4) is 0 Å². The van der Waals surface area contributed by atoms with Crippen LogP contribution in [0.3, 0.4) is 0 Å². The number of hydrogen-bond acceptors (Lipinski definition) is 7. The molecule has 0 aromatic heterocycles. The Morgan fingerprint density at radius 1 is 0.676 bits per heavy atom. The van der Waals surface area contributed by atoms with Gasteiger partial charge in [-0.1, -0.05) is 90.9 Å². The molecule has 2 unspecified atom stereocenters. The van der Waals surface area contributed by atoms with Crippen LogP contribution in [0.5, 0.6) is 0 Å². The van der Waals surface area contributed by atoms with E-state index in [4.69, 9.17) is 18.5 Å². The van der Waals surface area contributed by atoms with Gasteiger partial charge in [0.05, 0.1) is 21.1 Å². The molecule has 0 N–H and O–H groups in total. The van der Waals surface area contributed by atoms with Gasteiger partial charge in [-0.2, -0.15) is 0 Å². The Hall–Kier alpha value is -1.08. The van der Waals surface area contributed by atoms with Crippen LogP contribution in [0.1, 0.15) is 117 Å². The second kappa shape index (κ2) is 24.0. The molecule has 0 spiro atoms. The number of unbranched alkanes of at least 4 members (excludes halogenated alkanes) is 12. The average molecular weight is 550 g/mol. The molecular weight excluding hydrogens is 493 g/mol. The first-order valence-electron chi connectivity index (χ1n) is 14.6. The molecule has 0 aliphatic heterocycles. The molecule has 0 radical (unpaired) electrons. The van der Waals surface area contributed by atoms with Crippen LogP contribution >= 0.6 is 8.25 Å². The number of carbonyl (C=O) groups is 2. The van der Waals surface area contributed by atoms with Crippen molar-refractivity contribution in [3.63, 3.8) is 0 Å². The van der Waals surface area contributed by atoms with Gasteiger partial charge in [0.15, 0.2) is 12.7 Å². The molecule has 0 rings (SSSR count). The fourth-order valence-corrected chi connectivity index (χ4v) is 4.24. The Labute approximate surface area is 227 Å². The molecule has 0 fully saturated rings. The molecule has 0 amide bonds. The number of carbonyl (C=O) groups excluding carboxylic acids is 2. The normalized spacial score (nSPS) is 12.8. The smallest absolute Gasteiger partial charge is 0.462 e. The van der Waals surface area contributed by atoms with E-state index in [-0.39, 0.29) is 31.8 Å². The highest BCUT2D eigenvalue weighted by molar-refractivity contribution is 7.33. The van der Waals surface area contributed by atoms with Crippen LogP contribution in [0.2, 0.25) is 0 Å². The van der Waals surface area contributed by atoms with Gasteiger partial charge in [-0.15, -0.1) is 9.05 Å². The quantitative estimate of drug-likeness (QED) is 0.0491. The van der Waals surface area contributed by atoms with Gasteiger partial charge in [-0.25, -0.2) is 0 Å². The standard InChI is InChI=1S/C28H56NO7P/c1-6-8-10-12-14-16-18-20-27(30)33-24-26(25-35-37(32)34-23-22-29(3,4)5)36-28(31)21-19-17-15-13-11-9-7-2/h26H,6-25H2,1-5H3/q+2. The van der Waals surface area contributed by atoms with Crippen molar-refractivity contribution in [2.75, 3.05) is 47.5 Å². The lowest BCUT2D eigenvalue weighted by Crippen LogP contribution is -2.37. The molecular formula is C28H56NO7P+2. The van der Waals surface area contributed by atoms with E-state index < -0.39 is 14.4 Å². The van der Waals surface area contributed by atoms with Crippen LogP contribution in [-0.4, -0.2) is 70.0 Å². The lowest BCUT2D eigenvalue weighted by molar-refractivity contribution is -0.870. The second-order valence-electron chi connectivity index (χ2n) is 10.9. The van der Waals surface area contributed by atoms with Crippen molar-refractivity contribution in [3.05, 3.63) is 0 Å². The lowest BCUT2D eigenvalue weighted by atomic mass is 10.1. The third kappa shape index (κ3) is 26.3. The Balaban J connectivity index is 4.42. The largest absolute Gasteiger partial charge is 0.697 e.